The van der Waals surface area contributed by atoms with Crippen LogP contribution in [0.2, 0.25) is 5.02 Å². The van der Waals surface area contributed by atoms with Crippen LogP contribution in [0.3, 0.4) is 0 Å². The van der Waals surface area contributed by atoms with Crippen LogP contribution in [0.1, 0.15) is 5.56 Å². The topological polar surface area (TPSA) is 66.9 Å². The first-order valence-corrected chi connectivity index (χ1v) is 9.94. The maximum Gasteiger partial charge on any atom is 0.416 e. The quantitative estimate of drug-likeness (QED) is 0.478. The first kappa shape index (κ1) is 20.4. The number of carbonyl (C=O) groups excluding carboxylic acids is 1. The minimum atomic E-state index is -4.52. The van der Waals surface area contributed by atoms with Crippen molar-refractivity contribution in [1.82, 2.24) is 10.2 Å². The fourth-order valence-electron chi connectivity index (χ4n) is 2.07. The van der Waals surface area contributed by atoms with E-state index in [1.807, 2.05) is 30.3 Å². The Morgan fingerprint density at radius 3 is 2.61 bits per heavy atom. The Hall–Kier alpha value is -2.30. The maximum atomic E-state index is 12.8. The SMILES string of the molecule is O=C(CSc1nnc(Nc2ccccc2)s1)Nc1cc(C(F)(F)F)ccc1Cl. The number of hydrogen-bond acceptors (Lipinski definition) is 6. The standard InChI is InChI=1S/C17H12ClF3N4OS2/c18-12-7-6-10(17(19,20)21)8-13(12)23-14(26)9-27-16-25-24-15(28-16)22-11-4-2-1-3-5-11/h1-8H,9H2,(H,22,24)(H,23,26). The Labute approximate surface area is 171 Å². The number of thioether (sulfide) groups is 1. The molecule has 0 bridgehead atoms. The lowest BCUT2D eigenvalue weighted by Gasteiger charge is -2.11. The van der Waals surface area contributed by atoms with Crippen LogP contribution in [0.4, 0.5) is 29.7 Å². The van der Waals surface area contributed by atoms with E-state index in [9.17, 15) is 18.0 Å². The summed E-state index contributed by atoms with van der Waals surface area (Å²) < 4.78 is 38.9. The van der Waals surface area contributed by atoms with Crippen LogP contribution in [0, 0.1) is 0 Å². The van der Waals surface area contributed by atoms with Crippen LogP contribution in [0.15, 0.2) is 52.9 Å². The molecule has 2 N–H and O–H groups in total. The molecule has 0 aliphatic heterocycles. The van der Waals surface area contributed by atoms with Crippen molar-refractivity contribution in [3.8, 4) is 0 Å². The number of alkyl halides is 3. The van der Waals surface area contributed by atoms with Crippen molar-refractivity contribution >= 4 is 57.1 Å². The predicted octanol–water partition coefficient (Wildman–Crippen LogP) is 5.68. The molecule has 1 amide bonds. The van der Waals surface area contributed by atoms with Crippen molar-refractivity contribution in [1.29, 1.82) is 0 Å². The van der Waals surface area contributed by atoms with E-state index in [1.165, 1.54) is 11.3 Å². The largest absolute Gasteiger partial charge is 0.416 e. The van der Waals surface area contributed by atoms with E-state index in [1.54, 1.807) is 0 Å². The Morgan fingerprint density at radius 1 is 1.14 bits per heavy atom. The number of rotatable bonds is 6. The zero-order valence-corrected chi connectivity index (χ0v) is 16.3. The smallest absolute Gasteiger partial charge is 0.330 e. The second-order valence-electron chi connectivity index (χ2n) is 5.39. The summed E-state index contributed by atoms with van der Waals surface area (Å²) in [5.74, 6) is -0.550. The summed E-state index contributed by atoms with van der Waals surface area (Å²) in [6.45, 7) is 0. The fourth-order valence-corrected chi connectivity index (χ4v) is 3.81. The molecule has 3 aromatic rings. The molecule has 0 aliphatic carbocycles. The van der Waals surface area contributed by atoms with Gasteiger partial charge in [-0.2, -0.15) is 13.2 Å². The van der Waals surface area contributed by atoms with E-state index < -0.39 is 17.6 Å². The van der Waals surface area contributed by atoms with E-state index >= 15 is 0 Å². The van der Waals surface area contributed by atoms with Crippen molar-refractivity contribution in [3.05, 3.63) is 59.1 Å². The highest BCUT2D eigenvalue weighted by molar-refractivity contribution is 8.01. The normalized spacial score (nSPS) is 11.3. The molecule has 0 spiro atoms. The molecule has 1 aromatic heterocycles. The van der Waals surface area contributed by atoms with Gasteiger partial charge in [-0.1, -0.05) is 52.9 Å². The van der Waals surface area contributed by atoms with Crippen LogP contribution in [-0.4, -0.2) is 21.9 Å². The van der Waals surface area contributed by atoms with Crippen LogP contribution < -0.4 is 10.6 Å². The molecule has 0 unspecified atom stereocenters. The molecule has 11 heteroatoms. The molecule has 0 saturated heterocycles. The van der Waals surface area contributed by atoms with E-state index in [0.717, 1.165) is 35.6 Å². The van der Waals surface area contributed by atoms with Crippen LogP contribution in [0.25, 0.3) is 0 Å². The van der Waals surface area contributed by atoms with Gasteiger partial charge in [-0.3, -0.25) is 4.79 Å². The van der Waals surface area contributed by atoms with Gasteiger partial charge in [-0.25, -0.2) is 0 Å². The van der Waals surface area contributed by atoms with Gasteiger partial charge in [-0.05, 0) is 30.3 Å². The number of halogens is 4. The highest BCUT2D eigenvalue weighted by Crippen LogP contribution is 2.34. The Morgan fingerprint density at radius 2 is 1.89 bits per heavy atom. The molecule has 0 aliphatic rings. The molecule has 28 heavy (non-hydrogen) atoms. The van der Waals surface area contributed by atoms with Crippen molar-refractivity contribution in [2.24, 2.45) is 0 Å². The summed E-state index contributed by atoms with van der Waals surface area (Å²) in [6.07, 6.45) is -4.52. The van der Waals surface area contributed by atoms with E-state index in [4.69, 9.17) is 11.6 Å². The maximum absolute atomic E-state index is 12.8. The molecule has 5 nitrogen and oxygen atoms in total. The number of nitrogens with zero attached hydrogens (tertiary/aromatic N) is 2. The summed E-state index contributed by atoms with van der Waals surface area (Å²) in [5.41, 5.74) is -0.126. The summed E-state index contributed by atoms with van der Waals surface area (Å²) in [7, 11) is 0. The average molecular weight is 445 g/mol. The molecule has 2 aromatic carbocycles. The lowest BCUT2D eigenvalue weighted by molar-refractivity contribution is -0.137. The summed E-state index contributed by atoms with van der Waals surface area (Å²) in [5, 5.41) is 14.0. The molecule has 0 atom stereocenters. The number of hydrogen-bond donors (Lipinski definition) is 2. The number of benzene rings is 2. The van der Waals surface area contributed by atoms with Gasteiger partial charge in [0.05, 0.1) is 22.0 Å². The molecular formula is C17H12ClF3N4OS2. The van der Waals surface area contributed by atoms with Gasteiger partial charge in [0.2, 0.25) is 11.0 Å². The number of anilines is 3. The molecule has 0 radical (unpaired) electrons. The number of carbonyl (C=O) groups is 1. The number of amides is 1. The van der Waals surface area contributed by atoms with Gasteiger partial charge < -0.3 is 10.6 Å². The van der Waals surface area contributed by atoms with Crippen molar-refractivity contribution in [3.63, 3.8) is 0 Å². The van der Waals surface area contributed by atoms with Crippen LogP contribution in [0.5, 0.6) is 0 Å². The minimum Gasteiger partial charge on any atom is -0.330 e. The highest BCUT2D eigenvalue weighted by atomic mass is 35.5. The Balaban J connectivity index is 1.56. The molecule has 0 fully saturated rings. The third-order valence-corrected chi connectivity index (χ3v) is 5.63. The van der Waals surface area contributed by atoms with E-state index in [0.29, 0.717) is 9.47 Å². The summed E-state index contributed by atoms with van der Waals surface area (Å²) >= 11 is 8.25. The van der Waals surface area contributed by atoms with Gasteiger partial charge in [0.15, 0.2) is 4.34 Å². The van der Waals surface area contributed by atoms with Gasteiger partial charge in [-0.15, -0.1) is 10.2 Å². The van der Waals surface area contributed by atoms with Gasteiger partial charge in [0.25, 0.3) is 0 Å². The van der Waals surface area contributed by atoms with Crippen LogP contribution in [-0.2, 0) is 11.0 Å². The first-order chi connectivity index (χ1) is 13.3. The summed E-state index contributed by atoms with van der Waals surface area (Å²) in [6, 6.07) is 12.2. The molecule has 3 rings (SSSR count). The molecule has 146 valence electrons. The highest BCUT2D eigenvalue weighted by Gasteiger charge is 2.31. The van der Waals surface area contributed by atoms with Crippen LogP contribution >= 0.6 is 34.7 Å². The number of aromatic nitrogens is 2. The zero-order chi connectivity index (χ0) is 20.1. The Kier molecular flexibility index (Phi) is 6.42. The number of nitrogens with one attached hydrogen (secondary N) is 2. The molecule has 1 heterocycles. The van der Waals surface area contributed by atoms with E-state index in [2.05, 4.69) is 20.8 Å². The van der Waals surface area contributed by atoms with Gasteiger partial charge in [0, 0.05) is 5.69 Å². The number of para-hydroxylation sites is 1. The fraction of sp³-hybridized carbons (Fsp3) is 0.118. The average Bonchev–Trinajstić information content (AvgIpc) is 3.09. The van der Waals surface area contributed by atoms with Gasteiger partial charge in [0.1, 0.15) is 0 Å². The molecule has 0 saturated carbocycles. The third kappa shape index (κ3) is 5.60. The predicted molar refractivity (Wildman–Crippen MR) is 105 cm³/mol. The lowest BCUT2D eigenvalue weighted by Crippen LogP contribution is -2.15. The lowest BCUT2D eigenvalue weighted by atomic mass is 10.2. The zero-order valence-electron chi connectivity index (χ0n) is 14.0. The van der Waals surface area contributed by atoms with Gasteiger partial charge >= 0.3 is 6.18 Å². The summed E-state index contributed by atoms with van der Waals surface area (Å²) in [4.78, 5) is 12.1. The van der Waals surface area contributed by atoms with E-state index in [-0.39, 0.29) is 16.5 Å². The minimum absolute atomic E-state index is 0.0246. The second kappa shape index (κ2) is 8.80. The monoisotopic (exact) mass is 444 g/mol. The van der Waals surface area contributed by atoms with Crippen molar-refractivity contribution in [2.45, 2.75) is 10.5 Å². The van der Waals surface area contributed by atoms with Crippen molar-refractivity contribution < 1.29 is 18.0 Å². The third-order valence-electron chi connectivity index (χ3n) is 3.33. The van der Waals surface area contributed by atoms with Crippen molar-refractivity contribution in [2.75, 3.05) is 16.4 Å². The second-order valence-corrected chi connectivity index (χ2v) is 8.00. The molecular weight excluding hydrogens is 433 g/mol. The Bertz CT molecular complexity index is 967. The first-order valence-electron chi connectivity index (χ1n) is 7.76.